The predicted molar refractivity (Wildman–Crippen MR) is 335 cm³/mol. The number of ether oxygens (including phenoxy) is 3. The van der Waals surface area contributed by atoms with E-state index in [1.165, 1.54) is 276 Å². The topological polar surface area (TPSA) is 78.9 Å². The number of rotatable bonds is 64. The number of allylic oxidation sites excluding steroid dienone is 6. The van der Waals surface area contributed by atoms with Gasteiger partial charge in [-0.05, 0) is 96.3 Å². The maximum atomic E-state index is 12.9. The highest BCUT2D eigenvalue weighted by molar-refractivity contribution is 5.71. The Labute approximate surface area is 480 Å². The molecule has 0 amide bonds. The molecule has 0 bridgehead atoms. The van der Waals surface area contributed by atoms with Crippen LogP contribution in [-0.2, 0) is 28.6 Å². The molecule has 77 heavy (non-hydrogen) atoms. The average Bonchev–Trinajstić information content (AvgIpc) is 3.43. The van der Waals surface area contributed by atoms with Crippen LogP contribution in [0, 0.1) is 0 Å². The highest BCUT2D eigenvalue weighted by Gasteiger charge is 2.19. The fourth-order valence-corrected chi connectivity index (χ4v) is 10.4. The molecule has 0 aromatic rings. The average molecular weight is 1080 g/mol. The lowest BCUT2D eigenvalue weighted by Gasteiger charge is -2.18. The van der Waals surface area contributed by atoms with E-state index in [0.29, 0.717) is 19.3 Å². The molecular weight excluding hydrogens is 949 g/mol. The Bertz CT molecular complexity index is 1290. The maximum Gasteiger partial charge on any atom is 0.306 e. The third kappa shape index (κ3) is 64.3. The van der Waals surface area contributed by atoms with E-state index < -0.39 is 6.10 Å². The lowest BCUT2D eigenvalue weighted by atomic mass is 10.0. The van der Waals surface area contributed by atoms with E-state index in [0.717, 1.165) is 64.2 Å². The predicted octanol–water partition coefficient (Wildman–Crippen LogP) is 23.6. The molecule has 452 valence electrons. The molecule has 0 aromatic heterocycles. The highest BCUT2D eigenvalue weighted by atomic mass is 16.6. The van der Waals surface area contributed by atoms with Crippen LogP contribution >= 0.6 is 0 Å². The summed E-state index contributed by atoms with van der Waals surface area (Å²) in [5.41, 5.74) is 0. The smallest absolute Gasteiger partial charge is 0.306 e. The minimum absolute atomic E-state index is 0.0724. The van der Waals surface area contributed by atoms with Gasteiger partial charge in [0.05, 0.1) is 0 Å². The first-order valence-electron chi connectivity index (χ1n) is 34.5. The van der Waals surface area contributed by atoms with Gasteiger partial charge in [0.1, 0.15) is 13.2 Å². The van der Waals surface area contributed by atoms with Gasteiger partial charge in [0, 0.05) is 19.3 Å². The molecule has 0 aromatic carbocycles. The zero-order valence-electron chi connectivity index (χ0n) is 52.0. The van der Waals surface area contributed by atoms with Crippen molar-refractivity contribution in [3.05, 3.63) is 36.5 Å². The van der Waals surface area contributed by atoms with Crippen LogP contribution in [0.4, 0.5) is 0 Å². The molecule has 0 saturated carbocycles. The number of hydrogen-bond acceptors (Lipinski definition) is 6. The zero-order valence-corrected chi connectivity index (χ0v) is 52.0. The largest absolute Gasteiger partial charge is 0.462 e. The van der Waals surface area contributed by atoms with Crippen LogP contribution in [0.2, 0.25) is 0 Å². The van der Waals surface area contributed by atoms with E-state index >= 15 is 0 Å². The molecule has 6 heteroatoms. The number of carbonyl (C=O) groups excluding carboxylic acids is 3. The van der Waals surface area contributed by atoms with Crippen molar-refractivity contribution in [2.24, 2.45) is 0 Å². The molecule has 0 aliphatic carbocycles. The monoisotopic (exact) mass is 1080 g/mol. The number of unbranched alkanes of at least 4 members (excludes halogenated alkanes) is 47. The van der Waals surface area contributed by atoms with Gasteiger partial charge in [-0.1, -0.05) is 301 Å². The van der Waals surface area contributed by atoms with Gasteiger partial charge in [-0.2, -0.15) is 0 Å². The Morgan fingerprint density at radius 2 is 0.429 bits per heavy atom. The van der Waals surface area contributed by atoms with Gasteiger partial charge in [0.2, 0.25) is 0 Å². The number of carbonyl (C=O) groups is 3. The summed E-state index contributed by atoms with van der Waals surface area (Å²) in [4.78, 5) is 38.3. The molecule has 0 fully saturated rings. The van der Waals surface area contributed by atoms with Crippen molar-refractivity contribution in [3.63, 3.8) is 0 Å². The van der Waals surface area contributed by atoms with Crippen molar-refractivity contribution in [2.45, 2.75) is 386 Å². The Balaban J connectivity index is 4.18. The number of esters is 3. The lowest BCUT2D eigenvalue weighted by Crippen LogP contribution is -2.30. The maximum absolute atomic E-state index is 12.9. The van der Waals surface area contributed by atoms with E-state index in [-0.39, 0.29) is 31.1 Å². The molecule has 0 aliphatic rings. The molecule has 0 radical (unpaired) electrons. The second-order valence-corrected chi connectivity index (χ2v) is 23.4. The van der Waals surface area contributed by atoms with Crippen molar-refractivity contribution in [1.29, 1.82) is 0 Å². The normalized spacial score (nSPS) is 12.2. The molecular formula is C71H132O6. The minimum atomic E-state index is -0.776. The standard InChI is InChI=1S/C71H132O6/c1-4-7-10-13-16-19-22-25-27-29-30-31-32-33-34-35-36-37-38-39-40-42-43-46-49-52-55-58-61-64-70(73)76-67-68(66-75-69(72)63-60-57-54-51-48-45-24-21-18-15-12-9-6-3)77-71(74)65-62-59-56-53-50-47-44-41-28-26-23-20-17-14-11-8-5-2/h21,24,26,28-30,68H,4-20,22-23,25,27,31-67H2,1-3H3/b24-21-,28-26-,30-29-. The molecule has 0 aliphatic heterocycles. The van der Waals surface area contributed by atoms with Crippen LogP contribution in [-0.4, -0.2) is 37.2 Å². The summed E-state index contributed by atoms with van der Waals surface area (Å²) in [5, 5.41) is 0. The van der Waals surface area contributed by atoms with Gasteiger partial charge < -0.3 is 14.2 Å². The Hall–Kier alpha value is -2.37. The van der Waals surface area contributed by atoms with Crippen molar-refractivity contribution < 1.29 is 28.6 Å². The highest BCUT2D eigenvalue weighted by Crippen LogP contribution is 2.18. The van der Waals surface area contributed by atoms with E-state index in [1.807, 2.05) is 0 Å². The van der Waals surface area contributed by atoms with Gasteiger partial charge in [-0.15, -0.1) is 0 Å². The molecule has 0 spiro atoms. The Morgan fingerprint density at radius 3 is 0.662 bits per heavy atom. The second-order valence-electron chi connectivity index (χ2n) is 23.4. The summed E-state index contributed by atoms with van der Waals surface area (Å²) in [6, 6.07) is 0. The SMILES string of the molecule is CCCCCC/C=C\CCCCCCCC(=O)OCC(COC(=O)CCCCCCCCCCCCCCCCCCC/C=C\CCCCCCCCCC)OC(=O)CCCCCCCCC/C=C\CCCCCCCC. The molecule has 0 rings (SSSR count). The summed E-state index contributed by atoms with van der Waals surface area (Å²) in [7, 11) is 0. The van der Waals surface area contributed by atoms with Crippen LogP contribution < -0.4 is 0 Å². The van der Waals surface area contributed by atoms with Gasteiger partial charge in [0.15, 0.2) is 6.10 Å². The first-order valence-corrected chi connectivity index (χ1v) is 34.5. The van der Waals surface area contributed by atoms with Crippen LogP contribution in [0.1, 0.15) is 380 Å². The van der Waals surface area contributed by atoms with Crippen molar-refractivity contribution in [3.8, 4) is 0 Å². The summed E-state index contributed by atoms with van der Waals surface area (Å²) < 4.78 is 16.9. The zero-order chi connectivity index (χ0) is 55.7. The lowest BCUT2D eigenvalue weighted by molar-refractivity contribution is -0.167. The summed E-state index contributed by atoms with van der Waals surface area (Å²) >= 11 is 0. The fourth-order valence-electron chi connectivity index (χ4n) is 10.4. The van der Waals surface area contributed by atoms with Crippen molar-refractivity contribution in [2.75, 3.05) is 13.2 Å². The van der Waals surface area contributed by atoms with Crippen molar-refractivity contribution in [1.82, 2.24) is 0 Å². The van der Waals surface area contributed by atoms with Gasteiger partial charge in [-0.3, -0.25) is 14.4 Å². The molecule has 1 atom stereocenters. The van der Waals surface area contributed by atoms with E-state index in [9.17, 15) is 14.4 Å². The molecule has 6 nitrogen and oxygen atoms in total. The third-order valence-electron chi connectivity index (χ3n) is 15.6. The van der Waals surface area contributed by atoms with Crippen molar-refractivity contribution >= 4 is 17.9 Å². The van der Waals surface area contributed by atoms with Gasteiger partial charge in [0.25, 0.3) is 0 Å². The van der Waals surface area contributed by atoms with Crippen LogP contribution in [0.25, 0.3) is 0 Å². The van der Waals surface area contributed by atoms with E-state index in [2.05, 4.69) is 57.2 Å². The van der Waals surface area contributed by atoms with Crippen LogP contribution in [0.15, 0.2) is 36.5 Å². The summed E-state index contributed by atoms with van der Waals surface area (Å²) in [6.07, 6.45) is 81.7. The molecule has 0 N–H and O–H groups in total. The van der Waals surface area contributed by atoms with Gasteiger partial charge >= 0.3 is 17.9 Å². The minimum Gasteiger partial charge on any atom is -0.462 e. The van der Waals surface area contributed by atoms with E-state index in [1.54, 1.807) is 0 Å². The second kappa shape index (κ2) is 66.1. The Kier molecular flexibility index (Phi) is 64.1. The third-order valence-corrected chi connectivity index (χ3v) is 15.6. The number of hydrogen-bond donors (Lipinski definition) is 0. The van der Waals surface area contributed by atoms with Crippen LogP contribution in [0.3, 0.4) is 0 Å². The van der Waals surface area contributed by atoms with E-state index in [4.69, 9.17) is 14.2 Å². The summed E-state index contributed by atoms with van der Waals surface area (Å²) in [6.45, 7) is 6.67. The first-order chi connectivity index (χ1) is 38.0. The van der Waals surface area contributed by atoms with Crippen LogP contribution in [0.5, 0.6) is 0 Å². The quantitative estimate of drug-likeness (QED) is 0.0261. The molecule has 0 saturated heterocycles. The fraction of sp³-hybridized carbons (Fsp3) is 0.873. The van der Waals surface area contributed by atoms with Gasteiger partial charge in [-0.25, -0.2) is 0 Å². The Morgan fingerprint density at radius 1 is 0.247 bits per heavy atom. The molecule has 1 unspecified atom stereocenters. The summed E-state index contributed by atoms with van der Waals surface area (Å²) in [5.74, 6) is -0.862. The first kappa shape index (κ1) is 74.6. The molecule has 0 heterocycles.